The van der Waals surface area contributed by atoms with Crippen molar-refractivity contribution < 1.29 is 93.6 Å². The molecule has 8 aromatic rings. The second kappa shape index (κ2) is 29.5. The zero-order valence-corrected chi connectivity index (χ0v) is 52.4. The van der Waals surface area contributed by atoms with E-state index in [1.54, 1.807) is 36.4 Å². The quantitative estimate of drug-likeness (QED) is 0.102. The summed E-state index contributed by atoms with van der Waals surface area (Å²) in [6.45, 7) is 10.4. The zero-order chi connectivity index (χ0) is 69.0. The molecule has 506 valence electrons. The Morgan fingerprint density at radius 3 is 1.12 bits per heavy atom. The molecule has 3 fully saturated rings. The first-order valence-electron chi connectivity index (χ1n) is 30.9. The summed E-state index contributed by atoms with van der Waals surface area (Å²) in [5.41, 5.74) is -1.35. The number of benzene rings is 8. The highest BCUT2D eigenvalue weighted by molar-refractivity contribution is 5.72. The molecule has 3 aliphatic rings. The number of ether oxygens (including phenoxy) is 4. The zero-order valence-electron chi connectivity index (χ0n) is 52.4. The van der Waals surface area contributed by atoms with Gasteiger partial charge in [0.15, 0.2) is 0 Å². The Morgan fingerprint density at radius 1 is 0.347 bits per heavy atom. The fourth-order valence-corrected chi connectivity index (χ4v) is 12.1. The molecule has 2 unspecified atom stereocenters. The van der Waals surface area contributed by atoms with Crippen molar-refractivity contribution >= 4 is 0 Å². The van der Waals surface area contributed by atoms with Crippen LogP contribution in [-0.4, -0.2) is 12.7 Å². The van der Waals surface area contributed by atoms with Gasteiger partial charge in [0.05, 0.1) is 12.0 Å². The minimum absolute atomic E-state index is 0.0479. The van der Waals surface area contributed by atoms with E-state index in [9.17, 15) is 74.6 Å². The van der Waals surface area contributed by atoms with Crippen LogP contribution in [0.4, 0.5) is 74.6 Å². The molecule has 21 heteroatoms. The lowest BCUT2D eigenvalue weighted by Crippen LogP contribution is -2.38. The molecule has 2 atom stereocenters. The Balaban J connectivity index is 0.000000170. The third-order valence-electron chi connectivity index (χ3n) is 17.9. The predicted octanol–water partition coefficient (Wildman–Crippen LogP) is 23.2. The van der Waals surface area contributed by atoms with Gasteiger partial charge in [0.25, 0.3) is 0 Å². The van der Waals surface area contributed by atoms with Crippen LogP contribution < -0.4 is 14.2 Å². The van der Waals surface area contributed by atoms with Crippen molar-refractivity contribution in [2.45, 2.75) is 130 Å². The summed E-state index contributed by atoms with van der Waals surface area (Å²) in [7, 11) is 0. The molecule has 0 amide bonds. The van der Waals surface area contributed by atoms with Crippen LogP contribution in [0.25, 0.3) is 33.4 Å². The maximum Gasteiger partial charge on any atom is 0.432 e. The molecule has 1 heterocycles. The van der Waals surface area contributed by atoms with Gasteiger partial charge in [-0.05, 0) is 166 Å². The highest BCUT2D eigenvalue weighted by Crippen LogP contribution is 2.47. The van der Waals surface area contributed by atoms with E-state index in [4.69, 9.17) is 9.47 Å². The molecule has 8 aromatic carbocycles. The van der Waals surface area contributed by atoms with Gasteiger partial charge in [-0.3, -0.25) is 0 Å². The maximum absolute atomic E-state index is 14.8. The molecule has 95 heavy (non-hydrogen) atoms. The smallest absolute Gasteiger partial charge is 0.432 e. The fourth-order valence-electron chi connectivity index (χ4n) is 12.1. The minimum Gasteiger partial charge on any atom is -0.432 e. The van der Waals surface area contributed by atoms with Gasteiger partial charge in [0, 0.05) is 65.3 Å². The van der Waals surface area contributed by atoms with Crippen molar-refractivity contribution in [3.8, 4) is 50.6 Å². The van der Waals surface area contributed by atoms with Crippen molar-refractivity contribution in [2.24, 2.45) is 29.6 Å². The van der Waals surface area contributed by atoms with Crippen LogP contribution in [0.2, 0.25) is 0 Å². The van der Waals surface area contributed by atoms with Gasteiger partial charge < -0.3 is 18.9 Å². The Morgan fingerprint density at radius 2 is 0.705 bits per heavy atom. The standard InChI is InChI=1S/C27H17F7O.C26H22F6O2.C21H28F4O/c1-14-3-5-16(6-4-14)17-7-8-20(23(30)9-17)18-10-24(31)26(25(32)11-18)27(33,34)35-19-12-21(28)15(2)22(29)13-19;1-14-3-8-24(33-13-14)17-6-4-16(5-7-17)18-9-22(29)25(23(30)10-18)26(31,32)34-19-11-20(27)15(2)21(28)12-19;1-13-3-5-15(6-4-13)16-7-9-17(10-8-16)21(24,25)26-18-11-19(22)14(2)20(23)12-18/h3-13H,1-2H3;4-7,9-12,14,24H,3,8,13H2,1-2H3;11-13,15-17H,3-10H2,1-2H3. The van der Waals surface area contributed by atoms with E-state index in [1.165, 1.54) is 50.8 Å². The summed E-state index contributed by atoms with van der Waals surface area (Å²) < 4.78 is 262. The van der Waals surface area contributed by atoms with Gasteiger partial charge in [-0.2, -0.15) is 26.3 Å². The summed E-state index contributed by atoms with van der Waals surface area (Å²) in [4.78, 5) is 0. The summed E-state index contributed by atoms with van der Waals surface area (Å²) in [5.74, 6) is -14.4. The van der Waals surface area contributed by atoms with E-state index in [1.807, 2.05) is 19.1 Å². The van der Waals surface area contributed by atoms with Gasteiger partial charge in [-0.25, -0.2) is 48.3 Å². The molecule has 0 spiro atoms. The molecule has 11 rings (SSSR count). The average Bonchev–Trinajstić information content (AvgIpc) is 0.792. The van der Waals surface area contributed by atoms with Crippen LogP contribution in [0.5, 0.6) is 17.2 Å². The normalized spacial score (nSPS) is 19.2. The van der Waals surface area contributed by atoms with Gasteiger partial charge in [0.1, 0.15) is 92.4 Å². The Bertz CT molecular complexity index is 3890. The number of rotatable bonds is 14. The molecule has 1 saturated heterocycles. The first-order chi connectivity index (χ1) is 44.8. The van der Waals surface area contributed by atoms with Crippen LogP contribution in [0.1, 0.15) is 123 Å². The maximum atomic E-state index is 14.8. The van der Waals surface area contributed by atoms with E-state index in [-0.39, 0.29) is 28.4 Å². The lowest BCUT2D eigenvalue weighted by molar-refractivity contribution is -0.224. The molecule has 4 nitrogen and oxygen atoms in total. The molecule has 0 bridgehead atoms. The van der Waals surface area contributed by atoms with Gasteiger partial charge in [0.2, 0.25) is 0 Å². The molecule has 2 aliphatic carbocycles. The molecule has 1 aliphatic heterocycles. The molecular weight excluding hydrogens is 1280 g/mol. The van der Waals surface area contributed by atoms with Crippen molar-refractivity contribution in [3.05, 3.63) is 230 Å². The van der Waals surface area contributed by atoms with Crippen molar-refractivity contribution in [1.29, 1.82) is 0 Å². The average molecular weight is 1340 g/mol. The third kappa shape index (κ3) is 17.1. The van der Waals surface area contributed by atoms with Gasteiger partial charge in [-0.1, -0.05) is 92.9 Å². The summed E-state index contributed by atoms with van der Waals surface area (Å²) in [6.07, 6.45) is -3.40. The van der Waals surface area contributed by atoms with E-state index in [0.717, 1.165) is 86.4 Å². The van der Waals surface area contributed by atoms with Gasteiger partial charge >= 0.3 is 18.3 Å². The lowest BCUT2D eigenvalue weighted by Gasteiger charge is -2.38. The highest BCUT2D eigenvalue weighted by Gasteiger charge is 2.46. The molecule has 0 radical (unpaired) electrons. The van der Waals surface area contributed by atoms with Crippen molar-refractivity contribution in [2.75, 3.05) is 6.61 Å². The van der Waals surface area contributed by atoms with Crippen LogP contribution >= 0.6 is 0 Å². The van der Waals surface area contributed by atoms with E-state index < -0.39 is 128 Å². The monoisotopic (exact) mass is 1340 g/mol. The highest BCUT2D eigenvalue weighted by atomic mass is 19.3. The second-order valence-corrected chi connectivity index (χ2v) is 24.9. The van der Waals surface area contributed by atoms with Crippen LogP contribution in [0, 0.1) is 121 Å². The predicted molar refractivity (Wildman–Crippen MR) is 325 cm³/mol. The Hall–Kier alpha value is -8.07. The van der Waals surface area contributed by atoms with Crippen molar-refractivity contribution in [3.63, 3.8) is 0 Å². The van der Waals surface area contributed by atoms with Crippen LogP contribution in [0.3, 0.4) is 0 Å². The number of aryl methyl sites for hydroxylation is 1. The second-order valence-electron chi connectivity index (χ2n) is 24.9. The fraction of sp³-hybridized carbons (Fsp3) is 0.351. The number of hydrogen-bond acceptors (Lipinski definition) is 4. The van der Waals surface area contributed by atoms with E-state index >= 15 is 0 Å². The van der Waals surface area contributed by atoms with Crippen LogP contribution in [0.15, 0.2) is 127 Å². The molecule has 2 saturated carbocycles. The topological polar surface area (TPSA) is 36.9 Å². The largest absolute Gasteiger partial charge is 0.432 e. The number of hydrogen-bond donors (Lipinski definition) is 0. The minimum atomic E-state index is -4.62. The van der Waals surface area contributed by atoms with E-state index in [0.29, 0.717) is 84.7 Å². The van der Waals surface area contributed by atoms with E-state index in [2.05, 4.69) is 23.3 Å². The van der Waals surface area contributed by atoms with Crippen molar-refractivity contribution in [1.82, 2.24) is 0 Å². The summed E-state index contributed by atoms with van der Waals surface area (Å²) in [5, 5.41) is 0. The third-order valence-corrected chi connectivity index (χ3v) is 17.9. The molecule has 0 aromatic heterocycles. The van der Waals surface area contributed by atoms with Crippen LogP contribution in [-0.2, 0) is 17.0 Å². The first kappa shape index (κ1) is 71.2. The summed E-state index contributed by atoms with van der Waals surface area (Å²) >= 11 is 0. The Kier molecular flexibility index (Phi) is 22.1. The molecule has 0 N–H and O–H groups in total. The van der Waals surface area contributed by atoms with Gasteiger partial charge in [-0.15, -0.1) is 0 Å². The molecular formula is C74H67F17O4. The summed E-state index contributed by atoms with van der Waals surface area (Å²) in [6, 6.07) is 24.3. The number of alkyl halides is 6. The lowest BCUT2D eigenvalue weighted by atomic mass is 9.69. The SMILES string of the molecule is Cc1c(F)cc(OC(F)(F)C2CCC(C3CCC(C)CC3)CC2)cc1F.Cc1c(F)cc(OC(F)(F)c2c(F)cc(-c3ccc(C4CCC(C)CO4)cc3)cc2F)cc1F.Cc1ccc(-c2ccc(-c3cc(F)c(C(F)(F)Oc4cc(F)c(C)c(F)c4)c(F)c3)c(F)c2)cc1. The number of halogens is 17. The Labute approximate surface area is 539 Å². The first-order valence-corrected chi connectivity index (χ1v) is 30.9.